The van der Waals surface area contributed by atoms with E-state index in [4.69, 9.17) is 4.74 Å². The minimum absolute atomic E-state index is 0.00471. The van der Waals surface area contributed by atoms with Gasteiger partial charge in [-0.3, -0.25) is 14.5 Å². The van der Waals surface area contributed by atoms with Crippen LogP contribution in [-0.2, 0) is 14.3 Å². The van der Waals surface area contributed by atoms with E-state index in [1.54, 1.807) is 4.90 Å². The maximum absolute atomic E-state index is 13.1. The summed E-state index contributed by atoms with van der Waals surface area (Å²) in [4.78, 5) is 28.8. The molecule has 5 nitrogen and oxygen atoms in total. The molecule has 144 valence electrons. The summed E-state index contributed by atoms with van der Waals surface area (Å²) in [6.07, 6.45) is 3.95. The van der Waals surface area contributed by atoms with E-state index in [2.05, 4.69) is 5.32 Å². The summed E-state index contributed by atoms with van der Waals surface area (Å²) in [7, 11) is 0. The molecule has 0 radical (unpaired) electrons. The molecule has 2 amide bonds. The van der Waals surface area contributed by atoms with E-state index in [9.17, 15) is 9.59 Å². The van der Waals surface area contributed by atoms with Gasteiger partial charge in [-0.05, 0) is 36.6 Å². The fraction of sp³-hybridized carbons (Fsp3) is 0.273. The number of carbonyl (C=O) groups is 2. The minimum Gasteiger partial charge on any atom is -0.376 e. The van der Waals surface area contributed by atoms with Crippen molar-refractivity contribution in [3.8, 4) is 0 Å². The van der Waals surface area contributed by atoms with Gasteiger partial charge in [-0.1, -0.05) is 54.2 Å². The van der Waals surface area contributed by atoms with Crippen LogP contribution in [-0.4, -0.2) is 37.6 Å². The Morgan fingerprint density at radius 2 is 1.96 bits per heavy atom. The molecular formula is C22H22N2O3S. The zero-order valence-electron chi connectivity index (χ0n) is 15.5. The summed E-state index contributed by atoms with van der Waals surface area (Å²) in [5.41, 5.74) is 1.73. The highest BCUT2D eigenvalue weighted by atomic mass is 32.2. The van der Waals surface area contributed by atoms with Crippen LogP contribution in [0.4, 0.5) is 5.69 Å². The van der Waals surface area contributed by atoms with Crippen molar-refractivity contribution >= 4 is 35.3 Å². The van der Waals surface area contributed by atoms with Crippen LogP contribution in [0.15, 0.2) is 64.4 Å². The molecule has 2 aliphatic rings. The molecule has 0 aliphatic carbocycles. The maximum Gasteiger partial charge on any atom is 0.265 e. The Morgan fingerprint density at radius 1 is 1.18 bits per heavy atom. The Labute approximate surface area is 168 Å². The number of amides is 2. The van der Waals surface area contributed by atoms with Crippen molar-refractivity contribution in [1.29, 1.82) is 0 Å². The summed E-state index contributed by atoms with van der Waals surface area (Å²) in [5, 5.41) is 2.90. The van der Waals surface area contributed by atoms with Crippen molar-refractivity contribution in [3.63, 3.8) is 0 Å². The monoisotopic (exact) mass is 394 g/mol. The Kier molecular flexibility index (Phi) is 5.78. The largest absolute Gasteiger partial charge is 0.376 e. The Hall–Kier alpha value is -2.57. The quantitative estimate of drug-likeness (QED) is 0.789. The fourth-order valence-electron chi connectivity index (χ4n) is 3.35. The first-order valence-electron chi connectivity index (χ1n) is 9.44. The van der Waals surface area contributed by atoms with Crippen LogP contribution in [0.25, 0.3) is 6.08 Å². The number of benzene rings is 2. The summed E-state index contributed by atoms with van der Waals surface area (Å²) < 4.78 is 5.55. The maximum atomic E-state index is 13.1. The number of para-hydroxylation sites is 1. The smallest absolute Gasteiger partial charge is 0.265 e. The van der Waals surface area contributed by atoms with Crippen LogP contribution >= 0.6 is 11.8 Å². The molecule has 2 aromatic carbocycles. The second-order valence-corrected chi connectivity index (χ2v) is 7.90. The molecule has 0 spiro atoms. The molecule has 0 saturated carbocycles. The number of hydrogen-bond acceptors (Lipinski definition) is 4. The number of nitrogens with zero attached hydrogens (tertiary/aromatic N) is 1. The van der Waals surface area contributed by atoms with Gasteiger partial charge in [-0.25, -0.2) is 0 Å². The van der Waals surface area contributed by atoms with Gasteiger partial charge in [0.25, 0.3) is 5.91 Å². The molecule has 2 heterocycles. The first-order valence-corrected chi connectivity index (χ1v) is 10.3. The molecular weight excluding hydrogens is 372 g/mol. The normalized spacial score (nSPS) is 20.3. The summed E-state index contributed by atoms with van der Waals surface area (Å²) in [6.45, 7) is 1.24. The molecule has 0 bridgehead atoms. The van der Waals surface area contributed by atoms with Gasteiger partial charge in [0, 0.05) is 18.0 Å². The SMILES string of the molecule is O=C(CN1C(=O)/C(=C/c2ccccc2)Sc2ccccc21)NC[C@@H]1CCCO1. The molecule has 2 aromatic rings. The van der Waals surface area contributed by atoms with Gasteiger partial charge < -0.3 is 10.1 Å². The van der Waals surface area contributed by atoms with Gasteiger partial charge in [0.15, 0.2) is 0 Å². The van der Waals surface area contributed by atoms with E-state index < -0.39 is 0 Å². The van der Waals surface area contributed by atoms with Gasteiger partial charge in [0.2, 0.25) is 5.91 Å². The standard InChI is InChI=1S/C22H22N2O3S/c25-21(23-14-17-9-6-12-27-17)15-24-18-10-4-5-11-19(18)28-20(22(24)26)13-16-7-2-1-3-8-16/h1-5,7-8,10-11,13,17H,6,9,12,14-15H2,(H,23,25)/b20-13-/t17-/m0/s1. The lowest BCUT2D eigenvalue weighted by Crippen LogP contribution is -2.44. The van der Waals surface area contributed by atoms with Gasteiger partial charge in [0.05, 0.1) is 16.7 Å². The van der Waals surface area contributed by atoms with E-state index in [1.165, 1.54) is 11.8 Å². The van der Waals surface area contributed by atoms with Crippen LogP contribution in [0, 0.1) is 0 Å². The molecule has 1 N–H and O–H groups in total. The summed E-state index contributed by atoms with van der Waals surface area (Å²) in [5.74, 6) is -0.329. The van der Waals surface area contributed by atoms with Gasteiger partial charge in [0.1, 0.15) is 6.54 Å². The number of rotatable bonds is 5. The van der Waals surface area contributed by atoms with Crippen molar-refractivity contribution in [2.24, 2.45) is 0 Å². The van der Waals surface area contributed by atoms with Crippen LogP contribution in [0.3, 0.4) is 0 Å². The van der Waals surface area contributed by atoms with Crippen LogP contribution in [0.2, 0.25) is 0 Å². The third-order valence-electron chi connectivity index (χ3n) is 4.78. The predicted octanol–water partition coefficient (Wildman–Crippen LogP) is 3.46. The first-order chi connectivity index (χ1) is 13.7. The highest BCUT2D eigenvalue weighted by molar-refractivity contribution is 8.04. The molecule has 0 aromatic heterocycles. The number of thioether (sulfide) groups is 1. The minimum atomic E-state index is -0.176. The Bertz CT molecular complexity index is 892. The van der Waals surface area contributed by atoms with Crippen LogP contribution in [0.1, 0.15) is 18.4 Å². The third-order valence-corrected chi connectivity index (χ3v) is 5.86. The lowest BCUT2D eigenvalue weighted by molar-refractivity contribution is -0.122. The van der Waals surface area contributed by atoms with E-state index in [0.29, 0.717) is 11.4 Å². The highest BCUT2D eigenvalue weighted by Gasteiger charge is 2.30. The summed E-state index contributed by atoms with van der Waals surface area (Å²) in [6, 6.07) is 17.4. The molecule has 28 heavy (non-hydrogen) atoms. The number of hydrogen-bond donors (Lipinski definition) is 1. The number of fused-ring (bicyclic) bond motifs is 1. The molecule has 0 unspecified atom stereocenters. The second-order valence-electron chi connectivity index (χ2n) is 6.82. The molecule has 4 rings (SSSR count). The van der Waals surface area contributed by atoms with Gasteiger partial charge in [-0.2, -0.15) is 0 Å². The van der Waals surface area contributed by atoms with Crippen LogP contribution < -0.4 is 10.2 Å². The number of ether oxygens (including phenoxy) is 1. The highest BCUT2D eigenvalue weighted by Crippen LogP contribution is 2.41. The zero-order valence-corrected chi connectivity index (χ0v) is 16.3. The summed E-state index contributed by atoms with van der Waals surface area (Å²) >= 11 is 1.44. The van der Waals surface area contributed by atoms with E-state index in [-0.39, 0.29) is 24.5 Å². The van der Waals surface area contributed by atoms with Crippen molar-refractivity contribution in [3.05, 3.63) is 65.1 Å². The average molecular weight is 394 g/mol. The molecule has 1 atom stereocenters. The van der Waals surface area contributed by atoms with Crippen molar-refractivity contribution < 1.29 is 14.3 Å². The topological polar surface area (TPSA) is 58.6 Å². The third kappa shape index (κ3) is 4.29. The first kappa shape index (κ1) is 18.8. The van der Waals surface area contributed by atoms with Gasteiger partial charge >= 0.3 is 0 Å². The second kappa shape index (κ2) is 8.63. The average Bonchev–Trinajstić information content (AvgIpc) is 3.24. The Morgan fingerprint density at radius 3 is 2.75 bits per heavy atom. The number of nitrogens with one attached hydrogen (secondary N) is 1. The van der Waals surface area contributed by atoms with E-state index >= 15 is 0 Å². The molecule has 6 heteroatoms. The van der Waals surface area contributed by atoms with Gasteiger partial charge in [-0.15, -0.1) is 0 Å². The fourth-order valence-corrected chi connectivity index (χ4v) is 4.41. The zero-order chi connectivity index (χ0) is 19.3. The number of anilines is 1. The molecule has 1 fully saturated rings. The van der Waals surface area contributed by atoms with E-state index in [1.807, 2.05) is 60.7 Å². The lowest BCUT2D eigenvalue weighted by atomic mass is 10.2. The van der Waals surface area contributed by atoms with Crippen LogP contribution in [0.5, 0.6) is 0 Å². The van der Waals surface area contributed by atoms with Crippen molar-refractivity contribution in [2.45, 2.75) is 23.8 Å². The van der Waals surface area contributed by atoms with Crippen molar-refractivity contribution in [2.75, 3.05) is 24.6 Å². The lowest BCUT2D eigenvalue weighted by Gasteiger charge is -2.30. The molecule has 1 saturated heterocycles. The number of carbonyl (C=O) groups excluding carboxylic acids is 2. The predicted molar refractivity (Wildman–Crippen MR) is 111 cm³/mol. The molecule has 2 aliphatic heterocycles. The Balaban J connectivity index is 1.53. The van der Waals surface area contributed by atoms with E-state index in [0.717, 1.165) is 35.6 Å². The van der Waals surface area contributed by atoms with Crippen molar-refractivity contribution in [1.82, 2.24) is 5.32 Å².